The Hall–Kier alpha value is -1.54. The Bertz CT molecular complexity index is 453. The third kappa shape index (κ3) is 2.21. The number of hydrogen-bond acceptors (Lipinski definition) is 6. The molecule has 0 aliphatic carbocycles. The maximum Gasteiger partial charge on any atom is 0.267 e. The number of nitrogens with zero attached hydrogens (tertiary/aromatic N) is 1. The molecule has 1 aromatic rings. The second-order valence-corrected chi connectivity index (χ2v) is 4.07. The van der Waals surface area contributed by atoms with Gasteiger partial charge in [0.1, 0.15) is 30.1 Å². The van der Waals surface area contributed by atoms with Gasteiger partial charge in [-0.1, -0.05) is 6.07 Å². The van der Waals surface area contributed by atoms with E-state index in [1.54, 1.807) is 12.1 Å². The van der Waals surface area contributed by atoms with Crippen LogP contribution in [0.4, 0.5) is 0 Å². The molecule has 0 radical (unpaired) electrons. The number of aliphatic hydroxyl groups excluding tert-OH is 3. The average Bonchev–Trinajstić information content (AvgIpc) is 2.66. The summed E-state index contributed by atoms with van der Waals surface area (Å²) in [4.78, 5) is 15.0. The molecule has 1 fully saturated rings. The smallest absolute Gasteiger partial charge is 0.267 e. The van der Waals surface area contributed by atoms with Gasteiger partial charge in [0.25, 0.3) is 5.91 Å². The Kier molecular flexibility index (Phi) is 3.58. The summed E-state index contributed by atoms with van der Waals surface area (Å²) in [5.74, 6) is -0.691. The monoisotopic (exact) mass is 254 g/mol. The lowest BCUT2D eigenvalue weighted by Crippen LogP contribution is -2.32. The van der Waals surface area contributed by atoms with Crippen LogP contribution in [0, 0.1) is 0 Å². The molecule has 98 valence electrons. The number of carbonyl (C=O) groups is 1. The molecule has 5 N–H and O–H groups in total. The zero-order chi connectivity index (χ0) is 13.3. The van der Waals surface area contributed by atoms with Crippen LogP contribution in [0.3, 0.4) is 0 Å². The number of primary amides is 1. The van der Waals surface area contributed by atoms with Crippen molar-refractivity contribution < 1.29 is 24.9 Å². The molecule has 0 spiro atoms. The number of pyridine rings is 1. The van der Waals surface area contributed by atoms with Crippen LogP contribution in [-0.4, -0.2) is 51.1 Å². The first-order valence-electron chi connectivity index (χ1n) is 5.43. The molecular weight excluding hydrogens is 240 g/mol. The van der Waals surface area contributed by atoms with Crippen molar-refractivity contribution >= 4 is 5.91 Å². The van der Waals surface area contributed by atoms with Gasteiger partial charge < -0.3 is 25.8 Å². The molecule has 18 heavy (non-hydrogen) atoms. The van der Waals surface area contributed by atoms with Gasteiger partial charge in [0.15, 0.2) is 0 Å². The highest BCUT2D eigenvalue weighted by molar-refractivity contribution is 5.90. The highest BCUT2D eigenvalue weighted by Gasteiger charge is 2.43. The maximum atomic E-state index is 11.0. The zero-order valence-corrected chi connectivity index (χ0v) is 9.43. The van der Waals surface area contributed by atoms with Crippen molar-refractivity contribution in [3.63, 3.8) is 0 Å². The van der Waals surface area contributed by atoms with Gasteiger partial charge in [-0.3, -0.25) is 4.79 Å². The number of aromatic nitrogens is 1. The van der Waals surface area contributed by atoms with Crippen molar-refractivity contribution in [3.8, 4) is 0 Å². The molecule has 1 aliphatic rings. The normalized spacial score (nSPS) is 31.5. The topological polar surface area (TPSA) is 126 Å². The molecule has 1 aromatic heterocycles. The van der Waals surface area contributed by atoms with Gasteiger partial charge in [-0.2, -0.15) is 0 Å². The number of hydrogen-bond donors (Lipinski definition) is 4. The second kappa shape index (κ2) is 4.99. The summed E-state index contributed by atoms with van der Waals surface area (Å²) in [5.41, 5.74) is 5.44. The fourth-order valence-corrected chi connectivity index (χ4v) is 1.89. The van der Waals surface area contributed by atoms with Crippen molar-refractivity contribution in [2.45, 2.75) is 24.4 Å². The molecule has 1 amide bonds. The summed E-state index contributed by atoms with van der Waals surface area (Å²) in [5, 5.41) is 28.4. The molecule has 7 nitrogen and oxygen atoms in total. The molecular formula is C11H14N2O5. The van der Waals surface area contributed by atoms with Crippen LogP contribution >= 0.6 is 0 Å². The third-order valence-electron chi connectivity index (χ3n) is 2.86. The van der Waals surface area contributed by atoms with Crippen molar-refractivity contribution in [2.75, 3.05) is 6.61 Å². The lowest BCUT2D eigenvalue weighted by molar-refractivity contribution is -0.0239. The first kappa shape index (κ1) is 12.9. The Labute approximate surface area is 103 Å². The highest BCUT2D eigenvalue weighted by atomic mass is 16.6. The van der Waals surface area contributed by atoms with Gasteiger partial charge in [0, 0.05) is 0 Å². The molecule has 2 rings (SSSR count). The van der Waals surface area contributed by atoms with Crippen molar-refractivity contribution in [1.29, 1.82) is 0 Å². The number of nitrogens with two attached hydrogens (primary N) is 1. The Morgan fingerprint density at radius 3 is 2.67 bits per heavy atom. The van der Waals surface area contributed by atoms with Crippen molar-refractivity contribution in [2.24, 2.45) is 5.73 Å². The molecule has 4 atom stereocenters. The van der Waals surface area contributed by atoms with Gasteiger partial charge >= 0.3 is 0 Å². The van der Waals surface area contributed by atoms with Crippen LogP contribution in [0.2, 0.25) is 0 Å². The molecule has 0 aromatic carbocycles. The van der Waals surface area contributed by atoms with E-state index in [1.165, 1.54) is 6.07 Å². The van der Waals surface area contributed by atoms with E-state index in [0.717, 1.165) is 0 Å². The first-order chi connectivity index (χ1) is 8.54. The summed E-state index contributed by atoms with van der Waals surface area (Å²) >= 11 is 0. The van der Waals surface area contributed by atoms with E-state index in [4.69, 9.17) is 15.6 Å². The molecule has 0 bridgehead atoms. The average molecular weight is 254 g/mol. The van der Waals surface area contributed by atoms with E-state index in [1.807, 2.05) is 0 Å². The Morgan fingerprint density at radius 2 is 2.11 bits per heavy atom. The number of ether oxygens (including phenoxy) is 1. The minimum absolute atomic E-state index is 0.0465. The number of carbonyl (C=O) groups excluding carboxylic acids is 1. The summed E-state index contributed by atoms with van der Waals surface area (Å²) in [7, 11) is 0. The van der Waals surface area contributed by atoms with E-state index in [2.05, 4.69) is 4.98 Å². The summed E-state index contributed by atoms with van der Waals surface area (Å²) in [6.45, 7) is -0.412. The predicted molar refractivity (Wildman–Crippen MR) is 59.5 cm³/mol. The molecule has 1 aliphatic heterocycles. The SMILES string of the molecule is NC(=O)c1cccc([C@@H]2O[C@H](CO)C(O)C2O)n1. The lowest BCUT2D eigenvalue weighted by atomic mass is 10.1. The predicted octanol–water partition coefficient (Wildman–Crippen LogP) is -1.67. The van der Waals surface area contributed by atoms with Crippen LogP contribution in [0.5, 0.6) is 0 Å². The van der Waals surface area contributed by atoms with Gasteiger partial charge in [-0.25, -0.2) is 4.98 Å². The molecule has 0 saturated carbocycles. The van der Waals surface area contributed by atoms with Gasteiger partial charge in [-0.15, -0.1) is 0 Å². The Balaban J connectivity index is 2.27. The molecule has 7 heteroatoms. The maximum absolute atomic E-state index is 11.0. The lowest BCUT2D eigenvalue weighted by Gasteiger charge is -2.14. The summed E-state index contributed by atoms with van der Waals surface area (Å²) < 4.78 is 5.29. The largest absolute Gasteiger partial charge is 0.394 e. The number of amides is 1. The van der Waals surface area contributed by atoms with Gasteiger partial charge in [-0.05, 0) is 12.1 Å². The van der Waals surface area contributed by atoms with E-state index in [0.29, 0.717) is 0 Å². The summed E-state index contributed by atoms with van der Waals surface area (Å²) in [6, 6.07) is 4.54. The van der Waals surface area contributed by atoms with Gasteiger partial charge in [0.05, 0.1) is 12.3 Å². The van der Waals surface area contributed by atoms with Crippen molar-refractivity contribution in [3.05, 3.63) is 29.6 Å². The molecule has 2 heterocycles. The Morgan fingerprint density at radius 1 is 1.39 bits per heavy atom. The fourth-order valence-electron chi connectivity index (χ4n) is 1.89. The van der Waals surface area contributed by atoms with E-state index in [9.17, 15) is 15.0 Å². The van der Waals surface area contributed by atoms with Crippen LogP contribution in [0.15, 0.2) is 18.2 Å². The van der Waals surface area contributed by atoms with Crippen LogP contribution in [-0.2, 0) is 4.74 Å². The van der Waals surface area contributed by atoms with E-state index >= 15 is 0 Å². The summed E-state index contributed by atoms with van der Waals surface area (Å²) in [6.07, 6.45) is -4.17. The minimum atomic E-state index is -1.21. The molecule has 1 saturated heterocycles. The van der Waals surface area contributed by atoms with Crippen molar-refractivity contribution in [1.82, 2.24) is 4.98 Å². The van der Waals surface area contributed by atoms with E-state index < -0.39 is 36.9 Å². The first-order valence-corrected chi connectivity index (χ1v) is 5.43. The van der Waals surface area contributed by atoms with E-state index in [-0.39, 0.29) is 11.4 Å². The number of rotatable bonds is 3. The fraction of sp³-hybridized carbons (Fsp3) is 0.455. The highest BCUT2D eigenvalue weighted by Crippen LogP contribution is 2.32. The number of aliphatic hydroxyl groups is 3. The zero-order valence-electron chi connectivity index (χ0n) is 9.43. The quantitative estimate of drug-likeness (QED) is 0.511. The van der Waals surface area contributed by atoms with Crippen LogP contribution in [0.25, 0.3) is 0 Å². The van der Waals surface area contributed by atoms with Crippen LogP contribution in [0.1, 0.15) is 22.3 Å². The third-order valence-corrected chi connectivity index (χ3v) is 2.86. The standard InChI is InChI=1S/C11H14N2O5/c12-11(17)6-3-1-2-5(13-6)10-9(16)8(15)7(4-14)18-10/h1-3,7-10,14-16H,4H2,(H2,12,17)/t7-,8?,9?,10+/m1/s1. The second-order valence-electron chi connectivity index (χ2n) is 4.07. The molecule has 2 unspecified atom stereocenters. The van der Waals surface area contributed by atoms with Gasteiger partial charge in [0.2, 0.25) is 0 Å². The van der Waals surface area contributed by atoms with Crippen LogP contribution < -0.4 is 5.73 Å². The minimum Gasteiger partial charge on any atom is -0.394 e.